The Morgan fingerprint density at radius 3 is 2.32 bits per heavy atom. The van der Waals surface area contributed by atoms with Crippen molar-refractivity contribution in [2.24, 2.45) is 0 Å². The molecule has 4 heteroatoms. The van der Waals surface area contributed by atoms with Gasteiger partial charge in [-0.15, -0.1) is 0 Å². The van der Waals surface area contributed by atoms with Gasteiger partial charge >= 0.3 is 5.97 Å². The number of carbonyl (C=O) groups excluding carboxylic acids is 1. The van der Waals surface area contributed by atoms with Crippen molar-refractivity contribution in [3.63, 3.8) is 0 Å². The summed E-state index contributed by atoms with van der Waals surface area (Å²) >= 11 is 0. The lowest BCUT2D eigenvalue weighted by Gasteiger charge is -2.20. The van der Waals surface area contributed by atoms with Gasteiger partial charge in [0.05, 0.1) is 12.7 Å². The smallest absolute Gasteiger partial charge is 0.337 e. The van der Waals surface area contributed by atoms with E-state index < -0.39 is 0 Å². The van der Waals surface area contributed by atoms with Gasteiger partial charge in [-0.05, 0) is 47.3 Å². The van der Waals surface area contributed by atoms with E-state index in [1.807, 2.05) is 42.5 Å². The van der Waals surface area contributed by atoms with Crippen LogP contribution in [0.5, 0.6) is 5.75 Å². The second kappa shape index (κ2) is 11.3. The number of esters is 1. The van der Waals surface area contributed by atoms with Crippen molar-refractivity contribution >= 4 is 22.8 Å². The normalized spacial score (nSPS) is 11.6. The fraction of sp³-hybridized carbons (Fsp3) is 0.167. The summed E-state index contributed by atoms with van der Waals surface area (Å²) in [5, 5.41) is 2.26. The maximum Gasteiger partial charge on any atom is 0.337 e. The van der Waals surface area contributed by atoms with Crippen molar-refractivity contribution in [3.05, 3.63) is 119 Å². The molecule has 4 aromatic carbocycles. The highest BCUT2D eigenvalue weighted by Gasteiger charge is 2.09. The number of ether oxygens (including phenoxy) is 2. The number of nitrogens with zero attached hydrogens (tertiary/aromatic N) is 1. The summed E-state index contributed by atoms with van der Waals surface area (Å²) in [7, 11) is 3.50. The molecule has 0 heterocycles. The van der Waals surface area contributed by atoms with Crippen LogP contribution in [0.25, 0.3) is 16.8 Å². The third kappa shape index (κ3) is 6.12. The number of hydrogen-bond donors (Lipinski definition) is 0. The van der Waals surface area contributed by atoms with E-state index in [1.165, 1.54) is 12.7 Å². The lowest BCUT2D eigenvalue weighted by Crippen LogP contribution is -2.23. The maximum absolute atomic E-state index is 11.8. The van der Waals surface area contributed by atoms with Gasteiger partial charge < -0.3 is 9.47 Å². The van der Waals surface area contributed by atoms with Crippen molar-refractivity contribution in [1.82, 2.24) is 4.90 Å². The first-order valence-corrected chi connectivity index (χ1v) is 11.3. The highest BCUT2D eigenvalue weighted by Crippen LogP contribution is 2.26. The predicted molar refractivity (Wildman–Crippen MR) is 138 cm³/mol. The van der Waals surface area contributed by atoms with Crippen LogP contribution >= 0.6 is 0 Å². The van der Waals surface area contributed by atoms with E-state index in [9.17, 15) is 4.79 Å². The highest BCUT2D eigenvalue weighted by molar-refractivity contribution is 5.89. The molecule has 0 radical (unpaired) electrons. The Hall–Kier alpha value is -3.89. The first-order chi connectivity index (χ1) is 16.6. The number of likely N-dealkylation sites (N-methyl/N-ethyl adjacent to an activating group) is 1. The number of methoxy groups -OCH3 is 1. The Bertz CT molecular complexity index is 1260. The van der Waals surface area contributed by atoms with Crippen LogP contribution in [-0.2, 0) is 11.3 Å². The lowest BCUT2D eigenvalue weighted by molar-refractivity contribution is 0.0600. The molecule has 4 aromatic rings. The number of hydrogen-bond acceptors (Lipinski definition) is 4. The molecule has 0 aliphatic heterocycles. The van der Waals surface area contributed by atoms with Crippen molar-refractivity contribution in [1.29, 1.82) is 0 Å². The van der Waals surface area contributed by atoms with Crippen LogP contribution in [0.4, 0.5) is 0 Å². The van der Waals surface area contributed by atoms with Crippen molar-refractivity contribution in [2.45, 2.75) is 6.54 Å². The second-order valence-corrected chi connectivity index (χ2v) is 8.34. The molecule has 0 aliphatic rings. The standard InChI is InChI=1S/C30H29NO3/c1-31(20-24-9-4-3-5-10-24)21-25(19-23-15-17-27(18-16-23)30(32)33-2)22-34-29-14-8-12-26-11-6-7-13-28(26)29/h3-19H,20-22H2,1-2H3/b25-19+. The minimum atomic E-state index is -0.336. The van der Waals surface area contributed by atoms with Gasteiger partial charge in [-0.1, -0.05) is 84.9 Å². The molecule has 0 atom stereocenters. The van der Waals surface area contributed by atoms with Gasteiger partial charge in [0.2, 0.25) is 0 Å². The van der Waals surface area contributed by atoms with Crippen LogP contribution < -0.4 is 4.74 Å². The van der Waals surface area contributed by atoms with Crippen LogP contribution in [0.15, 0.2) is 103 Å². The molecule has 0 N–H and O–H groups in total. The summed E-state index contributed by atoms with van der Waals surface area (Å²) in [5.41, 5.74) is 3.95. The Labute approximate surface area is 201 Å². The van der Waals surface area contributed by atoms with Crippen LogP contribution in [-0.4, -0.2) is 38.2 Å². The summed E-state index contributed by atoms with van der Waals surface area (Å²) < 4.78 is 11.1. The largest absolute Gasteiger partial charge is 0.489 e. The van der Waals surface area contributed by atoms with Crippen LogP contribution in [0.2, 0.25) is 0 Å². The fourth-order valence-electron chi connectivity index (χ4n) is 3.99. The molecule has 0 unspecified atom stereocenters. The predicted octanol–water partition coefficient (Wildman–Crippen LogP) is 6.22. The molecular weight excluding hydrogens is 422 g/mol. The Balaban J connectivity index is 1.55. The number of carbonyl (C=O) groups is 1. The van der Waals surface area contributed by atoms with E-state index in [2.05, 4.69) is 60.5 Å². The summed E-state index contributed by atoms with van der Waals surface area (Å²) in [4.78, 5) is 14.0. The number of fused-ring (bicyclic) bond motifs is 1. The Morgan fingerprint density at radius 1 is 0.853 bits per heavy atom. The summed E-state index contributed by atoms with van der Waals surface area (Å²) in [5.74, 6) is 0.536. The van der Waals surface area contributed by atoms with E-state index in [0.29, 0.717) is 12.2 Å². The van der Waals surface area contributed by atoms with E-state index in [-0.39, 0.29) is 5.97 Å². The average Bonchev–Trinajstić information content (AvgIpc) is 2.87. The minimum absolute atomic E-state index is 0.336. The topological polar surface area (TPSA) is 38.8 Å². The van der Waals surface area contributed by atoms with Gasteiger partial charge in [0.15, 0.2) is 0 Å². The molecule has 0 saturated carbocycles. The molecule has 0 spiro atoms. The van der Waals surface area contributed by atoms with Gasteiger partial charge in [0, 0.05) is 18.5 Å². The fourth-order valence-corrected chi connectivity index (χ4v) is 3.99. The molecule has 0 saturated heterocycles. The Morgan fingerprint density at radius 2 is 1.56 bits per heavy atom. The van der Waals surface area contributed by atoms with E-state index >= 15 is 0 Å². The van der Waals surface area contributed by atoms with Gasteiger partial charge in [-0.25, -0.2) is 4.79 Å². The number of rotatable bonds is 9. The van der Waals surface area contributed by atoms with Crippen LogP contribution in [0.1, 0.15) is 21.5 Å². The highest BCUT2D eigenvalue weighted by atomic mass is 16.5. The zero-order chi connectivity index (χ0) is 23.8. The molecule has 172 valence electrons. The molecule has 0 fully saturated rings. The minimum Gasteiger partial charge on any atom is -0.489 e. The van der Waals surface area contributed by atoms with Crippen molar-refractivity contribution < 1.29 is 14.3 Å². The van der Waals surface area contributed by atoms with E-state index in [1.54, 1.807) is 12.1 Å². The second-order valence-electron chi connectivity index (χ2n) is 8.34. The zero-order valence-corrected chi connectivity index (χ0v) is 19.6. The van der Waals surface area contributed by atoms with E-state index in [4.69, 9.17) is 9.47 Å². The van der Waals surface area contributed by atoms with Crippen molar-refractivity contribution in [2.75, 3.05) is 27.3 Å². The molecule has 0 aliphatic carbocycles. The van der Waals surface area contributed by atoms with Gasteiger partial charge in [-0.3, -0.25) is 4.90 Å². The van der Waals surface area contributed by atoms with Crippen molar-refractivity contribution in [3.8, 4) is 5.75 Å². The summed E-state index contributed by atoms with van der Waals surface area (Å²) in [6.45, 7) is 2.05. The van der Waals surface area contributed by atoms with Crippen LogP contribution in [0.3, 0.4) is 0 Å². The monoisotopic (exact) mass is 451 g/mol. The lowest BCUT2D eigenvalue weighted by atomic mass is 10.1. The first-order valence-electron chi connectivity index (χ1n) is 11.3. The third-order valence-electron chi connectivity index (χ3n) is 5.63. The Kier molecular flexibility index (Phi) is 7.74. The van der Waals surface area contributed by atoms with Gasteiger partial charge in [-0.2, -0.15) is 0 Å². The summed E-state index contributed by atoms with van der Waals surface area (Å²) in [6.07, 6.45) is 2.13. The van der Waals surface area contributed by atoms with Gasteiger partial charge in [0.25, 0.3) is 0 Å². The van der Waals surface area contributed by atoms with E-state index in [0.717, 1.165) is 40.7 Å². The molecular formula is C30H29NO3. The maximum atomic E-state index is 11.8. The van der Waals surface area contributed by atoms with Gasteiger partial charge in [0.1, 0.15) is 12.4 Å². The van der Waals surface area contributed by atoms with Crippen LogP contribution in [0, 0.1) is 0 Å². The quantitative estimate of drug-likeness (QED) is 0.283. The first kappa shape index (κ1) is 23.3. The molecule has 0 amide bonds. The molecule has 34 heavy (non-hydrogen) atoms. The molecule has 0 bridgehead atoms. The third-order valence-corrected chi connectivity index (χ3v) is 5.63. The zero-order valence-electron chi connectivity index (χ0n) is 19.6. The average molecular weight is 452 g/mol. The molecule has 4 nitrogen and oxygen atoms in total. The SMILES string of the molecule is COC(=O)c1ccc(/C=C(/COc2cccc3ccccc23)CN(C)Cc2ccccc2)cc1. The molecule has 4 rings (SSSR count). The molecule has 0 aromatic heterocycles. The summed E-state index contributed by atoms with van der Waals surface area (Å²) in [6, 6.07) is 32.2. The number of benzene rings is 4.